The third kappa shape index (κ3) is 3.80. The lowest BCUT2D eigenvalue weighted by Gasteiger charge is -2.33. The average molecular weight is 275 g/mol. The summed E-state index contributed by atoms with van der Waals surface area (Å²) in [6, 6.07) is 0. The quantitative estimate of drug-likeness (QED) is 0.769. The highest BCUT2D eigenvalue weighted by Gasteiger charge is 2.42. The fourth-order valence-corrected chi connectivity index (χ4v) is 2.98. The van der Waals surface area contributed by atoms with Gasteiger partial charge in [0.2, 0.25) is 0 Å². The van der Waals surface area contributed by atoms with Crippen LogP contribution in [0.5, 0.6) is 0 Å². The summed E-state index contributed by atoms with van der Waals surface area (Å²) < 4.78 is 31.2. The molecule has 2 rings (SSSR count). The molecule has 0 aromatic rings. The van der Waals surface area contributed by atoms with Crippen molar-refractivity contribution in [3.8, 4) is 0 Å². The molecule has 1 amide bonds. The predicted octanol–water partition coefficient (Wildman–Crippen LogP) is 3.68. The lowest BCUT2D eigenvalue weighted by molar-refractivity contribution is -0.0110. The first-order chi connectivity index (χ1) is 8.87. The fraction of sp³-hybridized carbons (Fsp3) is 0.929. The van der Waals surface area contributed by atoms with Gasteiger partial charge in [0.1, 0.15) is 6.10 Å². The van der Waals surface area contributed by atoms with Gasteiger partial charge in [-0.2, -0.15) is 0 Å². The van der Waals surface area contributed by atoms with Crippen molar-refractivity contribution in [1.29, 1.82) is 0 Å². The molecule has 1 unspecified atom stereocenters. The Bertz CT molecular complexity index is 325. The number of carbonyl (C=O) groups is 1. The highest BCUT2D eigenvalue weighted by molar-refractivity contribution is 5.68. The number of halogens is 2. The Morgan fingerprint density at radius 1 is 1.26 bits per heavy atom. The van der Waals surface area contributed by atoms with Gasteiger partial charge in [-0.15, -0.1) is 0 Å². The first kappa shape index (κ1) is 14.5. The molecule has 110 valence electrons. The van der Waals surface area contributed by atoms with Crippen LogP contribution in [0.1, 0.15) is 46.0 Å². The zero-order valence-corrected chi connectivity index (χ0v) is 11.7. The summed E-state index contributed by atoms with van der Waals surface area (Å²) in [5.74, 6) is -1.37. The van der Waals surface area contributed by atoms with Gasteiger partial charge in [0.15, 0.2) is 0 Å². The summed E-state index contributed by atoms with van der Waals surface area (Å²) in [6.07, 6.45) is 0.736. The molecule has 0 spiro atoms. The van der Waals surface area contributed by atoms with Crippen LogP contribution in [0, 0.1) is 11.8 Å². The number of alkyl halides is 2. The Balaban J connectivity index is 1.76. The van der Waals surface area contributed by atoms with Gasteiger partial charge in [-0.3, -0.25) is 0 Å². The number of ether oxygens (including phenoxy) is 1. The van der Waals surface area contributed by atoms with Crippen molar-refractivity contribution in [1.82, 2.24) is 4.90 Å². The maximum Gasteiger partial charge on any atom is 0.410 e. The van der Waals surface area contributed by atoms with Crippen molar-refractivity contribution in [3.05, 3.63) is 0 Å². The Kier molecular flexibility index (Phi) is 4.31. The number of hydrogen-bond donors (Lipinski definition) is 0. The van der Waals surface area contributed by atoms with E-state index < -0.39 is 18.1 Å². The molecule has 2 fully saturated rings. The van der Waals surface area contributed by atoms with E-state index in [1.54, 1.807) is 4.90 Å². The van der Waals surface area contributed by atoms with E-state index in [2.05, 4.69) is 13.8 Å². The van der Waals surface area contributed by atoms with E-state index in [1.165, 1.54) is 0 Å². The van der Waals surface area contributed by atoms with Crippen LogP contribution < -0.4 is 0 Å². The van der Waals surface area contributed by atoms with Gasteiger partial charge in [0, 0.05) is 25.9 Å². The van der Waals surface area contributed by atoms with Gasteiger partial charge in [-0.1, -0.05) is 13.8 Å². The van der Waals surface area contributed by atoms with Crippen molar-refractivity contribution in [2.75, 3.05) is 13.1 Å². The van der Waals surface area contributed by atoms with Gasteiger partial charge in [-0.05, 0) is 31.1 Å². The molecule has 0 aromatic carbocycles. The number of likely N-dealkylation sites (tertiary alicyclic amines) is 1. The molecule has 5 heteroatoms. The van der Waals surface area contributed by atoms with Crippen LogP contribution in [0.2, 0.25) is 0 Å². The monoisotopic (exact) mass is 275 g/mol. The molecule has 1 aliphatic carbocycles. The molecular weight excluding hydrogens is 252 g/mol. The van der Waals surface area contributed by atoms with Crippen molar-refractivity contribution in [3.63, 3.8) is 0 Å². The number of hydrogen-bond acceptors (Lipinski definition) is 2. The second kappa shape index (κ2) is 5.63. The summed E-state index contributed by atoms with van der Waals surface area (Å²) in [6.45, 7) is 5.76. The predicted molar refractivity (Wildman–Crippen MR) is 68.2 cm³/mol. The highest BCUT2D eigenvalue weighted by atomic mass is 19.3. The number of carbonyl (C=O) groups excluding carboxylic acids is 1. The molecular formula is C14H23F2NO2. The van der Waals surface area contributed by atoms with Crippen molar-refractivity contribution in [2.45, 2.75) is 58.0 Å². The van der Waals surface area contributed by atoms with Crippen LogP contribution in [0.15, 0.2) is 0 Å². The molecule has 2 aliphatic rings. The number of piperidine rings is 1. The molecule has 0 N–H and O–H groups in total. The van der Waals surface area contributed by atoms with E-state index in [0.717, 1.165) is 12.8 Å². The van der Waals surface area contributed by atoms with Crippen molar-refractivity contribution >= 4 is 6.09 Å². The SMILES string of the molecule is CC(C)C1CCN(C(=O)OC2CCC(F)(F)C2)CC1. The molecule has 19 heavy (non-hydrogen) atoms. The zero-order valence-electron chi connectivity index (χ0n) is 11.7. The van der Waals surface area contributed by atoms with Gasteiger partial charge in [0.05, 0.1) is 0 Å². The van der Waals surface area contributed by atoms with Gasteiger partial charge in [-0.25, -0.2) is 13.6 Å². The standard InChI is InChI=1S/C14H23F2NO2/c1-10(2)11-4-7-17(8-5-11)13(18)19-12-3-6-14(15,16)9-12/h10-12H,3-9H2,1-2H3. The first-order valence-corrected chi connectivity index (χ1v) is 7.21. The second-order valence-corrected chi connectivity index (χ2v) is 6.17. The molecule has 0 aromatic heterocycles. The minimum atomic E-state index is -2.66. The molecule has 1 saturated carbocycles. The van der Waals surface area contributed by atoms with E-state index in [4.69, 9.17) is 4.74 Å². The molecule has 0 radical (unpaired) electrons. The molecule has 1 atom stereocenters. The van der Waals surface area contributed by atoms with Crippen LogP contribution in [0.3, 0.4) is 0 Å². The Morgan fingerprint density at radius 3 is 2.37 bits per heavy atom. The number of amides is 1. The summed E-state index contributed by atoms with van der Waals surface area (Å²) in [4.78, 5) is 13.6. The van der Waals surface area contributed by atoms with E-state index in [1.807, 2.05) is 0 Å². The van der Waals surface area contributed by atoms with E-state index in [-0.39, 0.29) is 19.3 Å². The largest absolute Gasteiger partial charge is 0.446 e. The lowest BCUT2D eigenvalue weighted by atomic mass is 9.87. The molecule has 1 aliphatic heterocycles. The van der Waals surface area contributed by atoms with Crippen molar-refractivity contribution < 1.29 is 18.3 Å². The normalized spacial score (nSPS) is 27.8. The number of rotatable bonds is 2. The van der Waals surface area contributed by atoms with Gasteiger partial charge in [0.25, 0.3) is 5.92 Å². The van der Waals surface area contributed by atoms with E-state index in [0.29, 0.717) is 24.9 Å². The topological polar surface area (TPSA) is 29.5 Å². The van der Waals surface area contributed by atoms with Crippen LogP contribution in [0.25, 0.3) is 0 Å². The number of nitrogens with zero attached hydrogens (tertiary/aromatic N) is 1. The molecule has 1 saturated heterocycles. The Labute approximate surface area is 113 Å². The Hall–Kier alpha value is -0.870. The third-order valence-corrected chi connectivity index (χ3v) is 4.37. The van der Waals surface area contributed by atoms with Crippen molar-refractivity contribution in [2.24, 2.45) is 11.8 Å². The summed E-state index contributed by atoms with van der Waals surface area (Å²) >= 11 is 0. The summed E-state index contributed by atoms with van der Waals surface area (Å²) in [5, 5.41) is 0. The third-order valence-electron chi connectivity index (χ3n) is 4.37. The first-order valence-electron chi connectivity index (χ1n) is 7.21. The summed E-state index contributed by atoms with van der Waals surface area (Å²) in [7, 11) is 0. The van der Waals surface area contributed by atoms with Gasteiger partial charge >= 0.3 is 6.09 Å². The minimum absolute atomic E-state index is 0.166. The van der Waals surface area contributed by atoms with E-state index >= 15 is 0 Å². The fourth-order valence-electron chi connectivity index (χ4n) is 2.98. The van der Waals surface area contributed by atoms with Gasteiger partial charge < -0.3 is 9.64 Å². The molecule has 1 heterocycles. The second-order valence-electron chi connectivity index (χ2n) is 6.17. The van der Waals surface area contributed by atoms with Crippen LogP contribution >= 0.6 is 0 Å². The maximum atomic E-state index is 13.0. The average Bonchev–Trinajstić information content (AvgIpc) is 2.68. The maximum absolute atomic E-state index is 13.0. The Morgan fingerprint density at radius 2 is 1.89 bits per heavy atom. The molecule has 3 nitrogen and oxygen atoms in total. The van der Waals surface area contributed by atoms with Crippen LogP contribution in [-0.2, 0) is 4.74 Å². The lowest BCUT2D eigenvalue weighted by Crippen LogP contribution is -2.41. The molecule has 0 bridgehead atoms. The van der Waals surface area contributed by atoms with E-state index in [9.17, 15) is 13.6 Å². The summed E-state index contributed by atoms with van der Waals surface area (Å²) in [5.41, 5.74) is 0. The smallest absolute Gasteiger partial charge is 0.410 e. The highest BCUT2D eigenvalue weighted by Crippen LogP contribution is 2.36. The van der Waals surface area contributed by atoms with Crippen LogP contribution in [0.4, 0.5) is 13.6 Å². The zero-order chi connectivity index (χ0) is 14.0. The van der Waals surface area contributed by atoms with Crippen LogP contribution in [-0.4, -0.2) is 36.1 Å². The minimum Gasteiger partial charge on any atom is -0.446 e.